The Labute approximate surface area is 213 Å². The van der Waals surface area contributed by atoms with Gasteiger partial charge in [-0.2, -0.15) is 0 Å². The number of imidazole rings is 1. The van der Waals surface area contributed by atoms with E-state index in [0.29, 0.717) is 30.6 Å². The monoisotopic (exact) mass is 488 g/mol. The molecule has 0 aliphatic carbocycles. The van der Waals surface area contributed by atoms with Crippen molar-refractivity contribution in [1.29, 1.82) is 0 Å². The fourth-order valence-electron chi connectivity index (χ4n) is 3.86. The summed E-state index contributed by atoms with van der Waals surface area (Å²) in [6.07, 6.45) is 12.2. The molecule has 0 spiro atoms. The van der Waals surface area contributed by atoms with Crippen LogP contribution in [0.1, 0.15) is 72.2 Å². The van der Waals surface area contributed by atoms with Crippen molar-refractivity contribution in [2.24, 2.45) is 0 Å². The SMILES string of the molecule is CCCCC(O)c1ccccc1C(=O)NCCCCNC(=O)/C=C/c1ccc(Cn2ccnc2)cc1. The lowest BCUT2D eigenvalue weighted by molar-refractivity contribution is -0.116. The van der Waals surface area contributed by atoms with Crippen LogP contribution in [0.25, 0.3) is 6.08 Å². The van der Waals surface area contributed by atoms with Gasteiger partial charge in [0.1, 0.15) is 0 Å². The fraction of sp³-hybridized carbons (Fsp3) is 0.345. The van der Waals surface area contributed by atoms with Crippen molar-refractivity contribution in [3.05, 3.63) is 95.6 Å². The highest BCUT2D eigenvalue weighted by atomic mass is 16.3. The van der Waals surface area contributed by atoms with Gasteiger partial charge in [-0.05, 0) is 48.1 Å². The predicted molar refractivity (Wildman–Crippen MR) is 142 cm³/mol. The molecule has 1 heterocycles. The standard InChI is InChI=1S/C29H36N4O3/c1-2-3-10-27(34)25-8-4-5-9-26(25)29(36)32-18-7-6-17-31-28(35)16-15-23-11-13-24(14-12-23)21-33-20-19-30-22-33/h4-5,8-9,11-16,19-20,22,27,34H,2-3,6-7,10,17-18,21H2,1H3,(H,31,35)(H,32,36)/b16-15+. The molecule has 3 rings (SSSR count). The van der Waals surface area contributed by atoms with E-state index < -0.39 is 6.10 Å². The first-order chi connectivity index (χ1) is 17.6. The summed E-state index contributed by atoms with van der Waals surface area (Å²) in [6.45, 7) is 3.89. The molecule has 2 aromatic carbocycles. The molecular weight excluding hydrogens is 452 g/mol. The van der Waals surface area contributed by atoms with Crippen molar-refractivity contribution in [3.63, 3.8) is 0 Å². The third kappa shape index (κ3) is 8.82. The van der Waals surface area contributed by atoms with Crippen LogP contribution in [0.5, 0.6) is 0 Å². The van der Waals surface area contributed by atoms with E-state index in [0.717, 1.165) is 43.4 Å². The number of aromatic nitrogens is 2. The lowest BCUT2D eigenvalue weighted by Gasteiger charge is -2.15. The van der Waals surface area contributed by atoms with Crippen LogP contribution in [0.4, 0.5) is 0 Å². The maximum Gasteiger partial charge on any atom is 0.251 e. The molecule has 2 amide bonds. The molecule has 1 atom stereocenters. The third-order valence-electron chi connectivity index (χ3n) is 5.92. The van der Waals surface area contributed by atoms with Crippen LogP contribution in [0.15, 0.2) is 73.3 Å². The number of nitrogens with one attached hydrogen (secondary N) is 2. The van der Waals surface area contributed by atoms with E-state index >= 15 is 0 Å². The molecule has 7 nitrogen and oxygen atoms in total. The molecule has 3 N–H and O–H groups in total. The van der Waals surface area contributed by atoms with Gasteiger partial charge in [-0.25, -0.2) is 4.98 Å². The lowest BCUT2D eigenvalue weighted by atomic mass is 9.98. The molecule has 3 aromatic rings. The number of aliphatic hydroxyl groups is 1. The Kier molecular flexibility index (Phi) is 10.9. The molecule has 0 bridgehead atoms. The number of unbranched alkanes of at least 4 members (excludes halogenated alkanes) is 2. The Morgan fingerprint density at radius 2 is 1.78 bits per heavy atom. The van der Waals surface area contributed by atoms with E-state index in [1.165, 1.54) is 6.08 Å². The summed E-state index contributed by atoms with van der Waals surface area (Å²) >= 11 is 0. The van der Waals surface area contributed by atoms with Crippen LogP contribution in [-0.4, -0.2) is 39.6 Å². The van der Waals surface area contributed by atoms with Gasteiger partial charge in [0.15, 0.2) is 0 Å². The normalized spacial score (nSPS) is 11.9. The molecular formula is C29H36N4O3. The molecule has 0 fully saturated rings. The maximum absolute atomic E-state index is 12.6. The molecule has 0 saturated carbocycles. The number of hydrogen-bond donors (Lipinski definition) is 3. The van der Waals surface area contributed by atoms with Crippen molar-refractivity contribution >= 4 is 17.9 Å². The molecule has 0 saturated heterocycles. The van der Waals surface area contributed by atoms with Gasteiger partial charge >= 0.3 is 0 Å². The molecule has 36 heavy (non-hydrogen) atoms. The van der Waals surface area contributed by atoms with Crippen LogP contribution in [-0.2, 0) is 11.3 Å². The summed E-state index contributed by atoms with van der Waals surface area (Å²) in [4.78, 5) is 28.7. The lowest BCUT2D eigenvalue weighted by Crippen LogP contribution is -2.27. The van der Waals surface area contributed by atoms with Gasteiger partial charge in [-0.1, -0.05) is 62.2 Å². The zero-order valence-electron chi connectivity index (χ0n) is 20.9. The van der Waals surface area contributed by atoms with Gasteiger partial charge in [0.2, 0.25) is 5.91 Å². The number of aliphatic hydroxyl groups excluding tert-OH is 1. The summed E-state index contributed by atoms with van der Waals surface area (Å²) in [5.41, 5.74) is 3.32. The zero-order chi connectivity index (χ0) is 25.6. The Hall–Kier alpha value is -3.71. The second-order valence-corrected chi connectivity index (χ2v) is 8.81. The average molecular weight is 489 g/mol. The van der Waals surface area contributed by atoms with Gasteiger partial charge < -0.3 is 20.3 Å². The summed E-state index contributed by atoms with van der Waals surface area (Å²) in [5.74, 6) is -0.319. The predicted octanol–water partition coefficient (Wildman–Crippen LogP) is 4.49. The Bertz CT molecular complexity index is 1110. The average Bonchev–Trinajstić information content (AvgIpc) is 3.41. The Morgan fingerprint density at radius 3 is 2.50 bits per heavy atom. The summed E-state index contributed by atoms with van der Waals surface area (Å²) in [7, 11) is 0. The van der Waals surface area contributed by atoms with E-state index in [2.05, 4.69) is 22.5 Å². The van der Waals surface area contributed by atoms with Crippen LogP contribution in [0, 0.1) is 0 Å². The molecule has 7 heteroatoms. The summed E-state index contributed by atoms with van der Waals surface area (Å²) in [6, 6.07) is 15.3. The number of rotatable bonds is 14. The highest BCUT2D eigenvalue weighted by molar-refractivity contribution is 5.95. The van der Waals surface area contributed by atoms with Crippen molar-refractivity contribution in [2.45, 2.75) is 51.7 Å². The number of benzene rings is 2. The van der Waals surface area contributed by atoms with E-state index in [1.54, 1.807) is 24.7 Å². The second-order valence-electron chi connectivity index (χ2n) is 8.81. The minimum Gasteiger partial charge on any atom is -0.388 e. The number of carbonyl (C=O) groups is 2. The number of hydrogen-bond acceptors (Lipinski definition) is 4. The number of amides is 2. The third-order valence-corrected chi connectivity index (χ3v) is 5.92. The van der Waals surface area contributed by atoms with Crippen LogP contribution in [0.3, 0.4) is 0 Å². The Balaban J connectivity index is 1.33. The largest absolute Gasteiger partial charge is 0.388 e. The van der Waals surface area contributed by atoms with Crippen molar-refractivity contribution in [1.82, 2.24) is 20.2 Å². The van der Waals surface area contributed by atoms with E-state index in [9.17, 15) is 14.7 Å². The maximum atomic E-state index is 12.6. The smallest absolute Gasteiger partial charge is 0.251 e. The fourth-order valence-corrected chi connectivity index (χ4v) is 3.86. The minimum atomic E-state index is -0.629. The van der Waals surface area contributed by atoms with Crippen LogP contribution >= 0.6 is 0 Å². The van der Waals surface area contributed by atoms with Crippen molar-refractivity contribution in [3.8, 4) is 0 Å². The van der Waals surface area contributed by atoms with Crippen LogP contribution in [0.2, 0.25) is 0 Å². The molecule has 190 valence electrons. The first-order valence-corrected chi connectivity index (χ1v) is 12.6. The molecule has 0 aliphatic rings. The Morgan fingerprint density at radius 1 is 1.03 bits per heavy atom. The second kappa shape index (κ2) is 14.6. The highest BCUT2D eigenvalue weighted by Crippen LogP contribution is 2.22. The topological polar surface area (TPSA) is 96.3 Å². The van der Waals surface area contributed by atoms with E-state index in [1.807, 2.05) is 53.2 Å². The summed E-state index contributed by atoms with van der Waals surface area (Å²) in [5, 5.41) is 16.2. The van der Waals surface area contributed by atoms with Crippen molar-refractivity contribution < 1.29 is 14.7 Å². The molecule has 1 unspecified atom stereocenters. The van der Waals surface area contributed by atoms with Crippen LogP contribution < -0.4 is 10.6 Å². The van der Waals surface area contributed by atoms with Crippen molar-refractivity contribution in [2.75, 3.05) is 13.1 Å². The minimum absolute atomic E-state index is 0.142. The van der Waals surface area contributed by atoms with Gasteiger partial charge in [0.05, 0.1) is 12.4 Å². The van der Waals surface area contributed by atoms with E-state index in [4.69, 9.17) is 0 Å². The first kappa shape index (κ1) is 26.9. The molecule has 0 aliphatic heterocycles. The number of carbonyl (C=O) groups excluding carboxylic acids is 2. The van der Waals surface area contributed by atoms with Gasteiger partial charge in [-0.15, -0.1) is 0 Å². The van der Waals surface area contributed by atoms with Gasteiger partial charge in [0, 0.05) is 43.7 Å². The molecule has 0 radical (unpaired) electrons. The highest BCUT2D eigenvalue weighted by Gasteiger charge is 2.16. The quantitative estimate of drug-likeness (QED) is 0.230. The van der Waals surface area contributed by atoms with Gasteiger partial charge in [0.25, 0.3) is 5.91 Å². The summed E-state index contributed by atoms with van der Waals surface area (Å²) < 4.78 is 2.00. The first-order valence-electron chi connectivity index (χ1n) is 12.6. The molecule has 1 aromatic heterocycles. The zero-order valence-corrected chi connectivity index (χ0v) is 20.9. The number of nitrogens with zero attached hydrogens (tertiary/aromatic N) is 2. The van der Waals surface area contributed by atoms with Gasteiger partial charge in [-0.3, -0.25) is 9.59 Å². The van der Waals surface area contributed by atoms with E-state index in [-0.39, 0.29) is 11.8 Å².